The molecule has 3 heteroatoms. The molecule has 0 N–H and O–H groups in total. The zero-order valence-electron chi connectivity index (χ0n) is 6.06. The highest BCUT2D eigenvalue weighted by atomic mass is 79.9. The molecule has 0 aliphatic heterocycles. The summed E-state index contributed by atoms with van der Waals surface area (Å²) in [4.78, 5) is 0. The fourth-order valence-electron chi connectivity index (χ4n) is 0.780. The molecule has 56 valence electrons. The molecule has 0 amide bonds. The first-order valence-corrected chi connectivity index (χ1v) is 7.49. The van der Waals surface area contributed by atoms with Crippen molar-refractivity contribution in [2.45, 2.75) is 26.7 Å². The Hall–Kier alpha value is 0.710. The summed E-state index contributed by atoms with van der Waals surface area (Å²) in [5.74, 6) is -1.88. The van der Waals surface area contributed by atoms with E-state index in [4.69, 9.17) is 0 Å². The lowest BCUT2D eigenvalue weighted by Gasteiger charge is -2.05. The third kappa shape index (κ3) is 5.17. The van der Waals surface area contributed by atoms with E-state index in [2.05, 4.69) is 29.3 Å². The number of hydrogen-bond donors (Lipinski definition) is 0. The van der Waals surface area contributed by atoms with Crippen molar-refractivity contribution in [2.75, 3.05) is 12.3 Å². The van der Waals surface area contributed by atoms with Crippen LogP contribution < -0.4 is 0 Å². The van der Waals surface area contributed by atoms with E-state index in [1.54, 1.807) is 0 Å². The first-order valence-electron chi connectivity index (χ1n) is 3.40. The van der Waals surface area contributed by atoms with Gasteiger partial charge in [-0.1, -0.05) is 13.8 Å². The van der Waals surface area contributed by atoms with E-state index >= 15 is 0 Å². The Kier molecular flexibility index (Phi) is 4.87. The lowest BCUT2D eigenvalue weighted by atomic mass is 10.6. The molecule has 0 rings (SSSR count). The number of hydrogen-bond acceptors (Lipinski definition) is 1. The molecule has 0 aliphatic carbocycles. The molecule has 0 fully saturated rings. The van der Waals surface area contributed by atoms with Crippen molar-refractivity contribution in [3.8, 4) is 0 Å². The maximum atomic E-state index is 11.3. The van der Waals surface area contributed by atoms with E-state index in [0.717, 1.165) is 25.2 Å². The van der Waals surface area contributed by atoms with Crippen LogP contribution in [0, 0.1) is 0 Å². The zero-order valence-corrected chi connectivity index (χ0v) is 8.54. The Morgan fingerprint density at radius 3 is 1.78 bits per heavy atom. The fourth-order valence-corrected chi connectivity index (χ4v) is 4.47. The summed E-state index contributed by atoms with van der Waals surface area (Å²) >= 11 is 3.26. The molecule has 0 unspecified atom stereocenters. The maximum absolute atomic E-state index is 11.3. The molecule has 9 heavy (non-hydrogen) atoms. The molecule has 0 atom stereocenters. The van der Waals surface area contributed by atoms with Crippen LogP contribution in [-0.2, 0) is 4.57 Å². The van der Waals surface area contributed by atoms with Crippen LogP contribution in [0.5, 0.6) is 0 Å². The van der Waals surface area contributed by atoms with E-state index in [-0.39, 0.29) is 0 Å². The predicted octanol–water partition coefficient (Wildman–Crippen LogP) is 3.48. The second-order valence-electron chi connectivity index (χ2n) is 2.24. The predicted molar refractivity (Wildman–Crippen MR) is 46.8 cm³/mol. The molecule has 0 heterocycles. The van der Waals surface area contributed by atoms with Gasteiger partial charge in [0.25, 0.3) is 0 Å². The smallest absolute Gasteiger partial charge is 0.148 e. The van der Waals surface area contributed by atoms with Crippen molar-refractivity contribution in [3.05, 3.63) is 0 Å². The van der Waals surface area contributed by atoms with Crippen LogP contribution in [0.1, 0.15) is 26.7 Å². The second-order valence-corrected chi connectivity index (χ2v) is 8.59. The normalized spacial score (nSPS) is 11.9. The van der Waals surface area contributed by atoms with Crippen molar-refractivity contribution in [1.82, 2.24) is 0 Å². The number of rotatable bonds is 4. The van der Waals surface area contributed by atoms with Gasteiger partial charge in [-0.3, -0.25) is 0 Å². The molecular formula is C6H14BrOP. The largest absolute Gasteiger partial charge is 0.312 e. The topological polar surface area (TPSA) is 17.1 Å². The van der Waals surface area contributed by atoms with Gasteiger partial charge in [-0.05, 0) is 28.3 Å². The van der Waals surface area contributed by atoms with Gasteiger partial charge in [0.2, 0.25) is 0 Å². The summed E-state index contributed by atoms with van der Waals surface area (Å²) in [6, 6.07) is 0. The third-order valence-corrected chi connectivity index (χ3v) is 5.47. The molecule has 0 radical (unpaired) electrons. The van der Waals surface area contributed by atoms with Gasteiger partial charge >= 0.3 is 0 Å². The van der Waals surface area contributed by atoms with Gasteiger partial charge in [-0.2, -0.15) is 0 Å². The van der Waals surface area contributed by atoms with Crippen LogP contribution in [0.4, 0.5) is 0 Å². The molecule has 0 aromatic heterocycles. The van der Waals surface area contributed by atoms with Crippen molar-refractivity contribution in [1.29, 1.82) is 0 Å². The van der Waals surface area contributed by atoms with Crippen molar-refractivity contribution in [2.24, 2.45) is 0 Å². The van der Waals surface area contributed by atoms with Crippen LogP contribution in [0.15, 0.2) is 0 Å². The molecule has 0 aliphatic rings. The molecule has 0 aromatic carbocycles. The van der Waals surface area contributed by atoms with Crippen molar-refractivity contribution >= 4 is 21.3 Å². The molecule has 0 saturated heterocycles. The lowest BCUT2D eigenvalue weighted by Crippen LogP contribution is -1.85. The summed E-state index contributed by atoms with van der Waals surface area (Å²) < 4.78 is 11.3. The summed E-state index contributed by atoms with van der Waals surface area (Å²) in [5.41, 5.74) is 0. The van der Waals surface area contributed by atoms with Gasteiger partial charge in [-0.15, -0.1) is 0 Å². The van der Waals surface area contributed by atoms with Gasteiger partial charge in [-0.25, -0.2) is 0 Å². The Labute approximate surface area is 65.3 Å². The van der Waals surface area contributed by atoms with Crippen molar-refractivity contribution < 1.29 is 4.57 Å². The molecule has 1 nitrogen and oxygen atoms in total. The van der Waals surface area contributed by atoms with Crippen LogP contribution in [0.3, 0.4) is 0 Å². The van der Waals surface area contributed by atoms with Gasteiger partial charge in [0, 0.05) is 12.3 Å². The summed E-state index contributed by atoms with van der Waals surface area (Å²) in [7, 11) is 0. The maximum Gasteiger partial charge on any atom is 0.148 e. The fraction of sp³-hybridized carbons (Fsp3) is 1.00. The third-order valence-electron chi connectivity index (χ3n) is 1.12. The molecule has 0 aromatic rings. The van der Waals surface area contributed by atoms with E-state index in [0.29, 0.717) is 0 Å². The highest BCUT2D eigenvalue weighted by Crippen LogP contribution is 2.54. The summed E-state index contributed by atoms with van der Waals surface area (Å²) in [6.07, 6.45) is 3.73. The minimum atomic E-state index is -1.88. The Morgan fingerprint density at radius 2 is 1.56 bits per heavy atom. The quantitative estimate of drug-likeness (QED) is 0.653. The highest BCUT2D eigenvalue weighted by Gasteiger charge is 2.13. The van der Waals surface area contributed by atoms with Gasteiger partial charge in [0.05, 0.1) is 0 Å². The lowest BCUT2D eigenvalue weighted by molar-refractivity contribution is 0.584. The minimum Gasteiger partial charge on any atom is -0.312 e. The van der Waals surface area contributed by atoms with E-state index in [9.17, 15) is 4.57 Å². The van der Waals surface area contributed by atoms with E-state index in [1.165, 1.54) is 0 Å². The standard InChI is InChI=1S/C6H14BrOP/c1-3-5-9(7,8)6-4-2/h3-6H2,1-2H3. The highest BCUT2D eigenvalue weighted by molar-refractivity contribution is 9.40. The average molecular weight is 213 g/mol. The van der Waals surface area contributed by atoms with Gasteiger partial charge in [0.15, 0.2) is 0 Å². The Balaban J connectivity index is 3.58. The van der Waals surface area contributed by atoms with Crippen LogP contribution in [0.25, 0.3) is 0 Å². The SMILES string of the molecule is CCCP(=O)(Br)CCC. The van der Waals surface area contributed by atoms with Crippen LogP contribution in [0.2, 0.25) is 0 Å². The molecule has 0 spiro atoms. The Morgan fingerprint density at radius 1 is 1.22 bits per heavy atom. The summed E-state index contributed by atoms with van der Waals surface area (Å²) in [5, 5.41) is 0. The molecule has 0 bridgehead atoms. The molecule has 0 saturated carbocycles. The average Bonchev–Trinajstić information content (AvgIpc) is 1.64. The van der Waals surface area contributed by atoms with E-state index < -0.39 is 5.84 Å². The first kappa shape index (κ1) is 9.71. The van der Waals surface area contributed by atoms with Gasteiger partial charge < -0.3 is 4.57 Å². The number of halogens is 1. The monoisotopic (exact) mass is 212 g/mol. The zero-order chi connectivity index (χ0) is 7.33. The minimum absolute atomic E-state index is 0.848. The van der Waals surface area contributed by atoms with Gasteiger partial charge in [0.1, 0.15) is 5.84 Å². The Bertz CT molecular complexity index is 104. The van der Waals surface area contributed by atoms with Crippen LogP contribution in [-0.4, -0.2) is 12.3 Å². The van der Waals surface area contributed by atoms with Crippen molar-refractivity contribution in [3.63, 3.8) is 0 Å². The van der Waals surface area contributed by atoms with Crippen LogP contribution >= 0.6 is 21.3 Å². The van der Waals surface area contributed by atoms with E-state index in [1.807, 2.05) is 0 Å². The second kappa shape index (κ2) is 4.51. The molecular weight excluding hydrogens is 199 g/mol. The summed E-state index contributed by atoms with van der Waals surface area (Å²) in [6.45, 7) is 4.12. The first-order chi connectivity index (χ1) is 4.12.